The number of aromatic nitrogens is 1. The molecule has 2 aromatic rings. The second-order valence-corrected chi connectivity index (χ2v) is 7.58. The van der Waals surface area contributed by atoms with Crippen molar-refractivity contribution in [2.24, 2.45) is 5.92 Å². The summed E-state index contributed by atoms with van der Waals surface area (Å²) in [4.78, 5) is 16.2. The maximum absolute atomic E-state index is 12.2. The third-order valence-electron chi connectivity index (χ3n) is 3.29. The molecular formula is C17H21N3O3S. The lowest BCUT2D eigenvalue weighted by molar-refractivity contribution is 0.0950. The molecule has 0 saturated heterocycles. The molecule has 6 nitrogen and oxygen atoms in total. The van der Waals surface area contributed by atoms with Crippen LogP contribution in [-0.2, 0) is 16.6 Å². The van der Waals surface area contributed by atoms with Gasteiger partial charge < -0.3 is 5.32 Å². The van der Waals surface area contributed by atoms with Gasteiger partial charge in [-0.3, -0.25) is 9.78 Å². The molecular weight excluding hydrogens is 326 g/mol. The van der Waals surface area contributed by atoms with E-state index in [1.807, 2.05) is 13.8 Å². The predicted molar refractivity (Wildman–Crippen MR) is 91.9 cm³/mol. The van der Waals surface area contributed by atoms with E-state index in [9.17, 15) is 13.2 Å². The first-order valence-electron chi connectivity index (χ1n) is 7.65. The fourth-order valence-corrected chi connectivity index (χ4v) is 3.21. The largest absolute Gasteiger partial charge is 0.348 e. The minimum Gasteiger partial charge on any atom is -0.348 e. The van der Waals surface area contributed by atoms with Gasteiger partial charge in [0.15, 0.2) is 0 Å². The number of amides is 1. The molecule has 128 valence electrons. The van der Waals surface area contributed by atoms with E-state index in [2.05, 4.69) is 15.0 Å². The average Bonchev–Trinajstić information content (AvgIpc) is 2.59. The van der Waals surface area contributed by atoms with Crippen molar-refractivity contribution in [1.82, 2.24) is 15.0 Å². The normalized spacial score (nSPS) is 11.5. The van der Waals surface area contributed by atoms with Crippen LogP contribution in [0, 0.1) is 5.92 Å². The summed E-state index contributed by atoms with van der Waals surface area (Å²) in [5, 5.41) is 2.76. The number of sulfonamides is 1. The van der Waals surface area contributed by atoms with Gasteiger partial charge in [-0.15, -0.1) is 0 Å². The second kappa shape index (κ2) is 8.03. The van der Waals surface area contributed by atoms with Crippen LogP contribution in [0.15, 0.2) is 53.7 Å². The summed E-state index contributed by atoms with van der Waals surface area (Å²) in [6, 6.07) is 9.61. The molecule has 0 aliphatic heterocycles. The number of carbonyl (C=O) groups is 1. The third kappa shape index (κ3) is 5.14. The van der Waals surface area contributed by atoms with Crippen molar-refractivity contribution in [2.75, 3.05) is 6.54 Å². The maximum atomic E-state index is 12.2. The number of nitrogens with zero attached hydrogens (tertiary/aromatic N) is 1. The van der Waals surface area contributed by atoms with E-state index in [4.69, 9.17) is 0 Å². The van der Waals surface area contributed by atoms with Gasteiger partial charge in [0.2, 0.25) is 10.0 Å². The van der Waals surface area contributed by atoms with Crippen LogP contribution in [0.25, 0.3) is 0 Å². The zero-order valence-electron chi connectivity index (χ0n) is 13.7. The Kier molecular flexibility index (Phi) is 6.05. The lowest BCUT2D eigenvalue weighted by atomic mass is 10.2. The van der Waals surface area contributed by atoms with E-state index in [0.717, 1.165) is 5.56 Å². The van der Waals surface area contributed by atoms with Crippen molar-refractivity contribution in [3.63, 3.8) is 0 Å². The number of pyridine rings is 1. The van der Waals surface area contributed by atoms with E-state index in [1.165, 1.54) is 12.1 Å². The van der Waals surface area contributed by atoms with Crippen molar-refractivity contribution in [3.05, 3.63) is 59.9 Å². The lowest BCUT2D eigenvalue weighted by Gasteiger charge is -2.10. The average molecular weight is 347 g/mol. The molecule has 0 spiro atoms. The van der Waals surface area contributed by atoms with Gasteiger partial charge in [-0.05, 0) is 41.8 Å². The predicted octanol–water partition coefficient (Wildman–Crippen LogP) is 1.95. The molecule has 1 aromatic heterocycles. The highest BCUT2D eigenvalue weighted by molar-refractivity contribution is 7.89. The SMILES string of the molecule is CC(C)CNS(=O)(=O)c1cccc(C(=O)NCc2ccncc2)c1. The van der Waals surface area contributed by atoms with Crippen LogP contribution in [0.1, 0.15) is 29.8 Å². The number of nitrogens with one attached hydrogen (secondary N) is 2. The Balaban J connectivity index is 2.07. The van der Waals surface area contributed by atoms with E-state index in [-0.39, 0.29) is 16.7 Å². The van der Waals surface area contributed by atoms with E-state index in [1.54, 1.807) is 36.7 Å². The van der Waals surface area contributed by atoms with Crippen molar-refractivity contribution in [1.29, 1.82) is 0 Å². The van der Waals surface area contributed by atoms with Crippen molar-refractivity contribution < 1.29 is 13.2 Å². The number of benzene rings is 1. The number of hydrogen-bond donors (Lipinski definition) is 2. The van der Waals surface area contributed by atoms with Gasteiger partial charge in [-0.1, -0.05) is 19.9 Å². The van der Waals surface area contributed by atoms with Crippen molar-refractivity contribution in [2.45, 2.75) is 25.3 Å². The van der Waals surface area contributed by atoms with Gasteiger partial charge in [-0.2, -0.15) is 0 Å². The van der Waals surface area contributed by atoms with Gasteiger partial charge in [0, 0.05) is 31.0 Å². The Hall–Kier alpha value is -2.25. The quantitative estimate of drug-likeness (QED) is 0.801. The molecule has 1 heterocycles. The van der Waals surface area contributed by atoms with Crippen LogP contribution >= 0.6 is 0 Å². The van der Waals surface area contributed by atoms with Gasteiger partial charge in [0.25, 0.3) is 5.91 Å². The van der Waals surface area contributed by atoms with Gasteiger partial charge in [0.05, 0.1) is 4.90 Å². The van der Waals surface area contributed by atoms with Crippen molar-refractivity contribution >= 4 is 15.9 Å². The zero-order chi connectivity index (χ0) is 17.6. The Morgan fingerprint density at radius 1 is 1.17 bits per heavy atom. The molecule has 0 unspecified atom stereocenters. The molecule has 0 fully saturated rings. The molecule has 2 rings (SSSR count). The summed E-state index contributed by atoms with van der Waals surface area (Å²) < 4.78 is 27.0. The monoisotopic (exact) mass is 347 g/mol. The molecule has 7 heteroatoms. The molecule has 0 atom stereocenters. The molecule has 0 radical (unpaired) electrons. The first-order chi connectivity index (χ1) is 11.4. The Morgan fingerprint density at radius 3 is 2.54 bits per heavy atom. The van der Waals surface area contributed by atoms with Crippen LogP contribution in [0.3, 0.4) is 0 Å². The third-order valence-corrected chi connectivity index (χ3v) is 4.71. The summed E-state index contributed by atoms with van der Waals surface area (Å²) in [6.45, 7) is 4.54. The van der Waals surface area contributed by atoms with E-state index < -0.39 is 10.0 Å². The minimum absolute atomic E-state index is 0.0831. The molecule has 1 amide bonds. The molecule has 0 saturated carbocycles. The standard InChI is InChI=1S/C17H21N3O3S/c1-13(2)11-20-24(22,23)16-5-3-4-15(10-16)17(21)19-12-14-6-8-18-9-7-14/h3-10,13,20H,11-12H2,1-2H3,(H,19,21). The lowest BCUT2D eigenvalue weighted by Crippen LogP contribution is -2.28. The number of rotatable bonds is 7. The molecule has 0 aliphatic carbocycles. The Labute approximate surface area is 142 Å². The maximum Gasteiger partial charge on any atom is 0.251 e. The first-order valence-corrected chi connectivity index (χ1v) is 9.13. The summed E-state index contributed by atoms with van der Waals surface area (Å²) in [6.07, 6.45) is 3.30. The summed E-state index contributed by atoms with van der Waals surface area (Å²) >= 11 is 0. The summed E-state index contributed by atoms with van der Waals surface area (Å²) in [7, 11) is -3.62. The summed E-state index contributed by atoms with van der Waals surface area (Å²) in [5.74, 6) is -0.126. The van der Waals surface area contributed by atoms with Crippen LogP contribution < -0.4 is 10.0 Å². The topological polar surface area (TPSA) is 88.2 Å². The van der Waals surface area contributed by atoms with Gasteiger partial charge in [0.1, 0.15) is 0 Å². The second-order valence-electron chi connectivity index (χ2n) is 5.81. The fraction of sp³-hybridized carbons (Fsp3) is 0.294. The van der Waals surface area contributed by atoms with E-state index >= 15 is 0 Å². The smallest absolute Gasteiger partial charge is 0.251 e. The highest BCUT2D eigenvalue weighted by Gasteiger charge is 2.16. The van der Waals surface area contributed by atoms with E-state index in [0.29, 0.717) is 18.7 Å². The van der Waals surface area contributed by atoms with Gasteiger partial charge in [-0.25, -0.2) is 13.1 Å². The van der Waals surface area contributed by atoms with Gasteiger partial charge >= 0.3 is 0 Å². The molecule has 2 N–H and O–H groups in total. The van der Waals surface area contributed by atoms with Crippen LogP contribution in [0.2, 0.25) is 0 Å². The Morgan fingerprint density at radius 2 is 1.88 bits per heavy atom. The summed E-state index contributed by atoms with van der Waals surface area (Å²) in [5.41, 5.74) is 1.22. The molecule has 24 heavy (non-hydrogen) atoms. The highest BCUT2D eigenvalue weighted by Crippen LogP contribution is 2.12. The number of hydrogen-bond acceptors (Lipinski definition) is 4. The molecule has 0 bridgehead atoms. The number of carbonyl (C=O) groups excluding carboxylic acids is 1. The Bertz CT molecular complexity index is 790. The zero-order valence-corrected chi connectivity index (χ0v) is 14.5. The van der Waals surface area contributed by atoms with Crippen molar-refractivity contribution in [3.8, 4) is 0 Å². The minimum atomic E-state index is -3.62. The van der Waals surface area contributed by atoms with Crippen LogP contribution in [0.5, 0.6) is 0 Å². The first kappa shape index (κ1) is 18.1. The van der Waals surface area contributed by atoms with Crippen LogP contribution in [-0.4, -0.2) is 25.9 Å². The molecule has 1 aromatic carbocycles. The van der Waals surface area contributed by atoms with Crippen LogP contribution in [0.4, 0.5) is 0 Å². The highest BCUT2D eigenvalue weighted by atomic mass is 32.2. The molecule has 0 aliphatic rings. The fourth-order valence-electron chi connectivity index (χ4n) is 1.95.